The molecule has 2 aromatic rings. The molecule has 9 heteroatoms. The van der Waals surface area contributed by atoms with Crippen LogP contribution < -0.4 is 5.32 Å². The Kier molecular flexibility index (Phi) is 5.67. The second kappa shape index (κ2) is 7.96. The molecular formula is C17H18N2O5S2. The highest BCUT2D eigenvalue weighted by Crippen LogP contribution is 2.23. The second-order valence-electron chi connectivity index (χ2n) is 6.01. The molecule has 1 fully saturated rings. The van der Waals surface area contributed by atoms with E-state index in [0.29, 0.717) is 12.1 Å². The Balaban J connectivity index is 1.44. The van der Waals surface area contributed by atoms with Gasteiger partial charge in [0.2, 0.25) is 0 Å². The molecule has 1 N–H and O–H groups in total. The number of hydrogen-bond donors (Lipinski definition) is 1. The Labute approximate surface area is 155 Å². The van der Waals surface area contributed by atoms with E-state index in [0.717, 1.165) is 10.6 Å². The van der Waals surface area contributed by atoms with Gasteiger partial charge in [0.05, 0.1) is 23.6 Å². The number of rotatable bonds is 6. The summed E-state index contributed by atoms with van der Waals surface area (Å²) in [6.45, 7) is -0.426. The minimum atomic E-state index is -3.06. The van der Waals surface area contributed by atoms with Crippen LogP contribution in [0.3, 0.4) is 0 Å². The normalized spacial score (nSPS) is 18.4. The van der Waals surface area contributed by atoms with Crippen LogP contribution in [0.4, 0.5) is 0 Å². The lowest BCUT2D eigenvalue weighted by Crippen LogP contribution is -2.38. The Morgan fingerprint density at radius 1 is 1.27 bits per heavy atom. The van der Waals surface area contributed by atoms with Gasteiger partial charge in [-0.05, 0) is 6.42 Å². The summed E-state index contributed by atoms with van der Waals surface area (Å²) in [7, 11) is -3.06. The van der Waals surface area contributed by atoms with Gasteiger partial charge in [-0.1, -0.05) is 30.3 Å². The summed E-state index contributed by atoms with van der Waals surface area (Å²) < 4.78 is 27.7. The molecule has 138 valence electrons. The maximum Gasteiger partial charge on any atom is 0.312 e. The molecule has 1 unspecified atom stereocenters. The Hall–Kier alpha value is -2.26. The monoisotopic (exact) mass is 394 g/mol. The number of nitrogens with zero attached hydrogens (tertiary/aromatic N) is 1. The number of thiazole rings is 1. The SMILES string of the molecule is O=C(COC(=O)Cc1csc(-c2ccccc2)n1)NC1CCS(=O)(=O)C1. The Morgan fingerprint density at radius 2 is 2.04 bits per heavy atom. The minimum absolute atomic E-state index is 0.0194. The van der Waals surface area contributed by atoms with Gasteiger partial charge in [-0.15, -0.1) is 11.3 Å². The lowest BCUT2D eigenvalue weighted by atomic mass is 10.2. The van der Waals surface area contributed by atoms with Crippen molar-refractivity contribution >= 4 is 33.1 Å². The molecular weight excluding hydrogens is 376 g/mol. The zero-order valence-electron chi connectivity index (χ0n) is 13.9. The minimum Gasteiger partial charge on any atom is -0.455 e. The van der Waals surface area contributed by atoms with Gasteiger partial charge in [0.1, 0.15) is 5.01 Å². The molecule has 0 bridgehead atoms. The zero-order valence-corrected chi connectivity index (χ0v) is 15.5. The van der Waals surface area contributed by atoms with Crippen LogP contribution in [0.2, 0.25) is 0 Å². The molecule has 1 aromatic heterocycles. The van der Waals surface area contributed by atoms with E-state index in [1.807, 2.05) is 30.3 Å². The van der Waals surface area contributed by atoms with Crippen molar-refractivity contribution < 1.29 is 22.7 Å². The van der Waals surface area contributed by atoms with E-state index in [2.05, 4.69) is 10.3 Å². The van der Waals surface area contributed by atoms with Gasteiger partial charge in [0, 0.05) is 17.0 Å². The van der Waals surface area contributed by atoms with Gasteiger partial charge in [-0.3, -0.25) is 9.59 Å². The zero-order chi connectivity index (χ0) is 18.6. The fraction of sp³-hybridized carbons (Fsp3) is 0.353. The van der Waals surface area contributed by atoms with Crippen molar-refractivity contribution in [1.29, 1.82) is 0 Å². The maximum absolute atomic E-state index is 11.9. The van der Waals surface area contributed by atoms with Gasteiger partial charge in [-0.2, -0.15) is 0 Å². The van der Waals surface area contributed by atoms with Crippen LogP contribution in [0.25, 0.3) is 10.6 Å². The number of ether oxygens (including phenoxy) is 1. The number of aromatic nitrogens is 1. The highest BCUT2D eigenvalue weighted by Gasteiger charge is 2.29. The standard InChI is InChI=1S/C17H18N2O5S2/c20-15(18-13-6-7-26(22,23)11-13)9-24-16(21)8-14-10-25-17(19-14)12-4-2-1-3-5-12/h1-5,10,13H,6-9,11H2,(H,18,20). The quantitative estimate of drug-likeness (QED) is 0.739. The lowest BCUT2D eigenvalue weighted by Gasteiger charge is -2.10. The first-order chi connectivity index (χ1) is 12.4. The third-order valence-corrected chi connectivity index (χ3v) is 6.57. The van der Waals surface area contributed by atoms with Crippen molar-refractivity contribution in [2.75, 3.05) is 18.1 Å². The molecule has 2 heterocycles. The average molecular weight is 394 g/mol. The van der Waals surface area contributed by atoms with E-state index in [-0.39, 0.29) is 17.9 Å². The van der Waals surface area contributed by atoms with Crippen LogP contribution in [-0.4, -0.2) is 49.4 Å². The summed E-state index contributed by atoms with van der Waals surface area (Å²) >= 11 is 1.44. The second-order valence-corrected chi connectivity index (χ2v) is 9.10. The van der Waals surface area contributed by atoms with E-state index in [1.54, 1.807) is 5.38 Å². The summed E-state index contributed by atoms with van der Waals surface area (Å²) in [6, 6.07) is 9.22. The summed E-state index contributed by atoms with van der Waals surface area (Å²) in [6.07, 6.45) is 0.373. The van der Waals surface area contributed by atoms with E-state index in [1.165, 1.54) is 11.3 Å². The molecule has 1 aliphatic heterocycles. The first kappa shape index (κ1) is 18.5. The molecule has 1 aromatic carbocycles. The van der Waals surface area contributed by atoms with E-state index in [9.17, 15) is 18.0 Å². The average Bonchev–Trinajstić information content (AvgIpc) is 3.20. The highest BCUT2D eigenvalue weighted by molar-refractivity contribution is 7.91. The molecule has 0 radical (unpaired) electrons. The van der Waals surface area contributed by atoms with Crippen LogP contribution >= 0.6 is 11.3 Å². The molecule has 1 atom stereocenters. The largest absolute Gasteiger partial charge is 0.455 e. The summed E-state index contributed by atoms with van der Waals surface area (Å²) in [5, 5.41) is 5.17. The molecule has 26 heavy (non-hydrogen) atoms. The molecule has 0 spiro atoms. The van der Waals surface area contributed by atoms with Crippen molar-refractivity contribution in [2.45, 2.75) is 18.9 Å². The third-order valence-electron chi connectivity index (χ3n) is 3.86. The number of carbonyl (C=O) groups is 2. The highest BCUT2D eigenvalue weighted by atomic mass is 32.2. The van der Waals surface area contributed by atoms with E-state index < -0.39 is 34.4 Å². The van der Waals surface area contributed by atoms with E-state index >= 15 is 0 Å². The fourth-order valence-electron chi connectivity index (χ4n) is 2.62. The summed E-state index contributed by atoms with van der Waals surface area (Å²) in [5.74, 6) is -1.04. The van der Waals surface area contributed by atoms with Crippen LogP contribution in [0.5, 0.6) is 0 Å². The first-order valence-corrected chi connectivity index (χ1v) is 10.8. The summed E-state index contributed by atoms with van der Waals surface area (Å²) in [5.41, 5.74) is 1.56. The molecule has 1 saturated heterocycles. The van der Waals surface area contributed by atoms with Crippen LogP contribution in [0.1, 0.15) is 12.1 Å². The predicted molar refractivity (Wildman–Crippen MR) is 97.4 cm³/mol. The number of nitrogens with one attached hydrogen (secondary N) is 1. The van der Waals surface area contributed by atoms with Gasteiger partial charge >= 0.3 is 5.97 Å². The van der Waals surface area contributed by atoms with Gasteiger partial charge in [-0.25, -0.2) is 13.4 Å². The van der Waals surface area contributed by atoms with Crippen molar-refractivity contribution in [2.24, 2.45) is 0 Å². The first-order valence-electron chi connectivity index (χ1n) is 8.06. The maximum atomic E-state index is 11.9. The molecule has 1 aliphatic rings. The smallest absolute Gasteiger partial charge is 0.312 e. The van der Waals surface area contributed by atoms with Crippen molar-refractivity contribution in [1.82, 2.24) is 10.3 Å². The lowest BCUT2D eigenvalue weighted by molar-refractivity contribution is -0.148. The predicted octanol–water partition coefficient (Wildman–Crippen LogP) is 1.20. The Morgan fingerprint density at radius 3 is 2.73 bits per heavy atom. The fourth-order valence-corrected chi connectivity index (χ4v) is 5.12. The number of carbonyl (C=O) groups excluding carboxylic acids is 2. The summed E-state index contributed by atoms with van der Waals surface area (Å²) in [4.78, 5) is 28.0. The van der Waals surface area contributed by atoms with Gasteiger partial charge in [0.25, 0.3) is 5.91 Å². The molecule has 7 nitrogen and oxygen atoms in total. The molecule has 1 amide bonds. The van der Waals surface area contributed by atoms with Gasteiger partial charge in [0.15, 0.2) is 16.4 Å². The van der Waals surface area contributed by atoms with E-state index in [4.69, 9.17) is 4.74 Å². The number of amides is 1. The number of benzene rings is 1. The number of hydrogen-bond acceptors (Lipinski definition) is 7. The van der Waals surface area contributed by atoms with Crippen LogP contribution in [0.15, 0.2) is 35.7 Å². The van der Waals surface area contributed by atoms with Crippen LogP contribution in [0, 0.1) is 0 Å². The van der Waals surface area contributed by atoms with Gasteiger partial charge < -0.3 is 10.1 Å². The Bertz CT molecular complexity index is 893. The number of sulfone groups is 1. The topological polar surface area (TPSA) is 102 Å². The third kappa shape index (κ3) is 5.12. The molecule has 0 aliphatic carbocycles. The van der Waals surface area contributed by atoms with Crippen molar-refractivity contribution in [3.05, 3.63) is 41.4 Å². The molecule has 3 rings (SSSR count). The van der Waals surface area contributed by atoms with Crippen molar-refractivity contribution in [3.63, 3.8) is 0 Å². The molecule has 0 saturated carbocycles. The van der Waals surface area contributed by atoms with Crippen LogP contribution in [-0.2, 0) is 30.6 Å². The van der Waals surface area contributed by atoms with Crippen molar-refractivity contribution in [3.8, 4) is 10.6 Å². The number of esters is 1.